The van der Waals surface area contributed by atoms with Crippen LogP contribution in [0.1, 0.15) is 12.5 Å². The molecule has 0 radical (unpaired) electrons. The van der Waals surface area contributed by atoms with Crippen LogP contribution >= 0.6 is 0 Å². The Hall–Kier alpha value is -2.21. The number of amides is 2. The Morgan fingerprint density at radius 2 is 1.91 bits per heavy atom. The number of hydrogen-bond donors (Lipinski definition) is 1. The number of benzene rings is 1. The molecule has 1 atom stereocenters. The minimum Gasteiger partial charge on any atom is -0.378 e. The van der Waals surface area contributed by atoms with Crippen molar-refractivity contribution < 1.29 is 18.7 Å². The number of rotatable bonds is 4. The first-order valence-electron chi connectivity index (χ1n) is 7.17. The van der Waals surface area contributed by atoms with Crippen molar-refractivity contribution in [3.05, 3.63) is 41.7 Å². The lowest BCUT2D eigenvalue weighted by Crippen LogP contribution is -2.50. The number of hydrogen-bond acceptors (Lipinski definition) is 3. The number of ether oxygens (including phenoxy) is 1. The van der Waals surface area contributed by atoms with Crippen LogP contribution in [0.2, 0.25) is 0 Å². The van der Waals surface area contributed by atoms with Crippen LogP contribution in [0.5, 0.6) is 0 Å². The molecule has 1 aliphatic heterocycles. The van der Waals surface area contributed by atoms with Crippen LogP contribution in [0, 0.1) is 5.82 Å². The van der Waals surface area contributed by atoms with Gasteiger partial charge < -0.3 is 15.0 Å². The monoisotopic (exact) mass is 306 g/mol. The van der Waals surface area contributed by atoms with Crippen LogP contribution in [-0.2, 0) is 14.3 Å². The van der Waals surface area contributed by atoms with E-state index in [0.717, 1.165) is 0 Å². The highest BCUT2D eigenvalue weighted by Gasteiger charge is 2.22. The van der Waals surface area contributed by atoms with Crippen LogP contribution in [0.4, 0.5) is 4.39 Å². The quantitative estimate of drug-likeness (QED) is 0.851. The average molecular weight is 306 g/mol. The van der Waals surface area contributed by atoms with E-state index in [-0.39, 0.29) is 17.6 Å². The molecule has 1 aromatic carbocycles. The van der Waals surface area contributed by atoms with E-state index in [2.05, 4.69) is 5.32 Å². The number of carbonyl (C=O) groups is 2. The third kappa shape index (κ3) is 4.66. The number of halogens is 1. The van der Waals surface area contributed by atoms with E-state index in [1.165, 1.54) is 18.2 Å². The topological polar surface area (TPSA) is 58.6 Å². The van der Waals surface area contributed by atoms with Crippen molar-refractivity contribution in [3.63, 3.8) is 0 Å². The van der Waals surface area contributed by atoms with Crippen molar-refractivity contribution in [1.29, 1.82) is 0 Å². The zero-order chi connectivity index (χ0) is 15.9. The predicted molar refractivity (Wildman–Crippen MR) is 80.4 cm³/mol. The highest BCUT2D eigenvalue weighted by Crippen LogP contribution is 2.05. The Labute approximate surface area is 128 Å². The number of morpholine rings is 1. The second kappa shape index (κ2) is 7.70. The van der Waals surface area contributed by atoms with E-state index in [1.54, 1.807) is 30.0 Å². The molecule has 1 heterocycles. The number of nitrogens with one attached hydrogen (secondary N) is 1. The van der Waals surface area contributed by atoms with Gasteiger partial charge in [-0.05, 0) is 30.7 Å². The highest BCUT2D eigenvalue weighted by molar-refractivity contribution is 5.95. The van der Waals surface area contributed by atoms with Gasteiger partial charge in [0.1, 0.15) is 11.9 Å². The van der Waals surface area contributed by atoms with Gasteiger partial charge in [0, 0.05) is 19.2 Å². The van der Waals surface area contributed by atoms with Gasteiger partial charge >= 0.3 is 0 Å². The van der Waals surface area contributed by atoms with E-state index in [0.29, 0.717) is 31.9 Å². The van der Waals surface area contributed by atoms with Gasteiger partial charge in [0.05, 0.1) is 13.2 Å². The Bertz CT molecular complexity index is 551. The van der Waals surface area contributed by atoms with Gasteiger partial charge in [-0.15, -0.1) is 0 Å². The molecular formula is C16H19FN2O3. The van der Waals surface area contributed by atoms with Crippen molar-refractivity contribution >= 4 is 17.9 Å². The lowest BCUT2D eigenvalue weighted by atomic mass is 10.2. The molecule has 5 nitrogen and oxygen atoms in total. The zero-order valence-corrected chi connectivity index (χ0v) is 12.4. The summed E-state index contributed by atoms with van der Waals surface area (Å²) in [7, 11) is 0. The van der Waals surface area contributed by atoms with Gasteiger partial charge in [-0.1, -0.05) is 12.1 Å². The molecule has 2 amide bonds. The molecule has 0 aromatic heterocycles. The van der Waals surface area contributed by atoms with Crippen LogP contribution in [0.15, 0.2) is 30.3 Å². The summed E-state index contributed by atoms with van der Waals surface area (Å²) in [5.74, 6) is -0.809. The Balaban J connectivity index is 1.85. The van der Waals surface area contributed by atoms with Crippen molar-refractivity contribution in [1.82, 2.24) is 10.2 Å². The standard InChI is InChI=1S/C16H19FN2O3/c1-12(16(21)19-8-10-22-11-9-19)18-15(20)7-4-13-2-5-14(17)6-3-13/h2-7,12H,8-11H2,1H3,(H,18,20)/b7-4+/t12-/m0/s1. The summed E-state index contributed by atoms with van der Waals surface area (Å²) in [4.78, 5) is 25.6. The molecule has 1 N–H and O–H groups in total. The molecule has 1 aliphatic rings. The van der Waals surface area contributed by atoms with Gasteiger partial charge in [-0.25, -0.2) is 4.39 Å². The summed E-state index contributed by atoms with van der Waals surface area (Å²) in [6.45, 7) is 3.80. The SMILES string of the molecule is C[C@H](NC(=O)/C=C/c1ccc(F)cc1)C(=O)N1CCOCC1. The largest absolute Gasteiger partial charge is 0.378 e. The van der Waals surface area contributed by atoms with Crippen LogP contribution in [-0.4, -0.2) is 49.1 Å². The van der Waals surface area contributed by atoms with Crippen LogP contribution < -0.4 is 5.32 Å². The molecule has 6 heteroatoms. The first-order chi connectivity index (χ1) is 10.6. The Kier molecular flexibility index (Phi) is 5.66. The summed E-state index contributed by atoms with van der Waals surface area (Å²) in [5.41, 5.74) is 0.712. The molecule has 0 saturated carbocycles. The molecule has 118 valence electrons. The first kappa shape index (κ1) is 16.2. The van der Waals surface area contributed by atoms with Crippen LogP contribution in [0.3, 0.4) is 0 Å². The summed E-state index contributed by atoms with van der Waals surface area (Å²) >= 11 is 0. The third-order valence-corrected chi connectivity index (χ3v) is 3.35. The van der Waals surface area contributed by atoms with Crippen molar-refractivity contribution in [2.45, 2.75) is 13.0 Å². The van der Waals surface area contributed by atoms with Crippen molar-refractivity contribution in [3.8, 4) is 0 Å². The zero-order valence-electron chi connectivity index (χ0n) is 12.4. The second-order valence-electron chi connectivity index (χ2n) is 5.05. The molecule has 0 aliphatic carbocycles. The molecule has 1 saturated heterocycles. The van der Waals surface area contributed by atoms with Crippen LogP contribution in [0.25, 0.3) is 6.08 Å². The lowest BCUT2D eigenvalue weighted by Gasteiger charge is -2.29. The molecular weight excluding hydrogens is 287 g/mol. The Morgan fingerprint density at radius 1 is 1.27 bits per heavy atom. The van der Waals surface area contributed by atoms with Gasteiger partial charge in [-0.3, -0.25) is 9.59 Å². The van der Waals surface area contributed by atoms with Gasteiger partial charge in [0.2, 0.25) is 11.8 Å². The molecule has 22 heavy (non-hydrogen) atoms. The normalized spacial score (nSPS) is 16.5. The third-order valence-electron chi connectivity index (χ3n) is 3.35. The fourth-order valence-corrected chi connectivity index (χ4v) is 2.13. The van der Waals surface area contributed by atoms with Gasteiger partial charge in [0.25, 0.3) is 0 Å². The minimum atomic E-state index is -0.594. The van der Waals surface area contributed by atoms with E-state index in [9.17, 15) is 14.0 Å². The van der Waals surface area contributed by atoms with E-state index in [1.807, 2.05) is 0 Å². The minimum absolute atomic E-state index is 0.119. The molecule has 1 fully saturated rings. The average Bonchev–Trinajstić information content (AvgIpc) is 2.54. The van der Waals surface area contributed by atoms with E-state index < -0.39 is 6.04 Å². The molecule has 2 rings (SSSR count). The molecule has 1 aromatic rings. The Morgan fingerprint density at radius 3 is 2.55 bits per heavy atom. The maximum Gasteiger partial charge on any atom is 0.245 e. The van der Waals surface area contributed by atoms with E-state index >= 15 is 0 Å². The number of carbonyl (C=O) groups excluding carboxylic acids is 2. The fourth-order valence-electron chi connectivity index (χ4n) is 2.13. The summed E-state index contributed by atoms with van der Waals surface area (Å²) in [6.07, 6.45) is 2.90. The number of nitrogens with zero attached hydrogens (tertiary/aromatic N) is 1. The summed E-state index contributed by atoms with van der Waals surface area (Å²) in [6, 6.07) is 5.19. The fraction of sp³-hybridized carbons (Fsp3) is 0.375. The summed E-state index contributed by atoms with van der Waals surface area (Å²) in [5, 5.41) is 2.63. The van der Waals surface area contributed by atoms with Crippen molar-refractivity contribution in [2.24, 2.45) is 0 Å². The van der Waals surface area contributed by atoms with Crippen molar-refractivity contribution in [2.75, 3.05) is 26.3 Å². The molecule has 0 bridgehead atoms. The van der Waals surface area contributed by atoms with Gasteiger partial charge in [0.15, 0.2) is 0 Å². The summed E-state index contributed by atoms with van der Waals surface area (Å²) < 4.78 is 18.0. The maximum atomic E-state index is 12.8. The van der Waals surface area contributed by atoms with Gasteiger partial charge in [-0.2, -0.15) is 0 Å². The smallest absolute Gasteiger partial charge is 0.245 e. The van der Waals surface area contributed by atoms with E-state index in [4.69, 9.17) is 4.74 Å². The second-order valence-corrected chi connectivity index (χ2v) is 5.05. The molecule has 0 unspecified atom stereocenters. The maximum absolute atomic E-state index is 12.8. The molecule has 0 spiro atoms. The first-order valence-corrected chi connectivity index (χ1v) is 7.17. The lowest BCUT2D eigenvalue weighted by molar-refractivity contribution is -0.138. The highest BCUT2D eigenvalue weighted by atomic mass is 19.1. The predicted octanol–water partition coefficient (Wildman–Crippen LogP) is 1.20.